The van der Waals surface area contributed by atoms with Gasteiger partial charge in [0.1, 0.15) is 17.5 Å². The molecule has 0 radical (unpaired) electrons. The fourth-order valence-electron chi connectivity index (χ4n) is 6.69. The van der Waals surface area contributed by atoms with Gasteiger partial charge in [-0.25, -0.2) is 15.0 Å². The fraction of sp³-hybridized carbons (Fsp3) is 0.500. The van der Waals surface area contributed by atoms with E-state index in [0.717, 1.165) is 43.1 Å². The van der Waals surface area contributed by atoms with Crippen LogP contribution in [-0.2, 0) is 31.9 Å². The number of nitrogens with zero attached hydrogens (tertiary/aromatic N) is 5. The van der Waals surface area contributed by atoms with E-state index in [1.807, 2.05) is 0 Å². The van der Waals surface area contributed by atoms with Crippen LogP contribution in [0.15, 0.2) is 42.6 Å². The second kappa shape index (κ2) is 11.3. The molecule has 2 aromatic heterocycles. The van der Waals surface area contributed by atoms with Crippen molar-refractivity contribution in [3.63, 3.8) is 0 Å². The minimum absolute atomic E-state index is 0.110. The number of anilines is 3. The zero-order valence-electron chi connectivity index (χ0n) is 23.0. The number of halogens is 6. The van der Waals surface area contributed by atoms with Crippen molar-refractivity contribution in [1.82, 2.24) is 19.9 Å². The third-order valence-corrected chi connectivity index (χ3v) is 8.68. The Morgan fingerprint density at radius 2 is 1.62 bits per heavy atom. The van der Waals surface area contributed by atoms with E-state index >= 15 is 0 Å². The van der Waals surface area contributed by atoms with Crippen molar-refractivity contribution >= 4 is 17.3 Å². The monoisotopic (exact) mass is 590 g/mol. The van der Waals surface area contributed by atoms with Gasteiger partial charge in [0.25, 0.3) is 0 Å². The molecule has 1 saturated carbocycles. The molecule has 4 heterocycles. The molecule has 2 unspecified atom stereocenters. The highest BCUT2D eigenvalue weighted by atomic mass is 19.4. The molecule has 3 aliphatic rings. The molecule has 2 aliphatic heterocycles. The molecule has 3 aromatic rings. The first-order chi connectivity index (χ1) is 20.1. The van der Waals surface area contributed by atoms with Crippen LogP contribution in [0.1, 0.15) is 66.7 Å². The van der Waals surface area contributed by atoms with Crippen molar-refractivity contribution in [3.05, 3.63) is 70.8 Å². The van der Waals surface area contributed by atoms with Crippen LogP contribution in [0.25, 0.3) is 0 Å². The van der Waals surface area contributed by atoms with Crippen LogP contribution in [0.4, 0.5) is 43.7 Å². The maximum Gasteiger partial charge on any atom is 0.419 e. The number of likely N-dealkylation sites (tertiary alicyclic amines) is 1. The number of pyridine rings is 1. The van der Waals surface area contributed by atoms with Crippen LogP contribution in [0, 0.1) is 5.92 Å². The first-order valence-corrected chi connectivity index (χ1v) is 14.4. The van der Waals surface area contributed by atoms with Crippen molar-refractivity contribution in [3.8, 4) is 0 Å². The molecule has 42 heavy (non-hydrogen) atoms. The normalized spacial score (nSPS) is 21.5. The lowest BCUT2D eigenvalue weighted by atomic mass is 9.78. The first kappa shape index (κ1) is 28.7. The van der Waals surface area contributed by atoms with Crippen LogP contribution < -0.4 is 10.2 Å². The molecule has 12 heteroatoms. The summed E-state index contributed by atoms with van der Waals surface area (Å²) in [4.78, 5) is 17.8. The fourth-order valence-corrected chi connectivity index (χ4v) is 6.69. The maximum absolute atomic E-state index is 13.8. The number of fused-ring (bicyclic) bond motifs is 2. The van der Waals surface area contributed by atoms with Gasteiger partial charge in [0, 0.05) is 30.0 Å². The summed E-state index contributed by atoms with van der Waals surface area (Å²) in [6.07, 6.45) is -0.229. The summed E-state index contributed by atoms with van der Waals surface area (Å²) in [5, 5.41) is 3.18. The SMILES string of the molecule is FC(F)(F)c1ccc(Nc2nc(CN3CCCC4CCCCC43)nc3c2CCN(c2ncccc2C(F)(F)F)C3)cc1. The minimum atomic E-state index is -4.55. The van der Waals surface area contributed by atoms with Gasteiger partial charge >= 0.3 is 12.4 Å². The zero-order chi connectivity index (χ0) is 29.5. The van der Waals surface area contributed by atoms with Crippen LogP contribution in [0.2, 0.25) is 0 Å². The number of hydrogen-bond donors (Lipinski definition) is 1. The summed E-state index contributed by atoms with van der Waals surface area (Å²) in [5.41, 5.74) is 0.219. The Balaban J connectivity index is 1.33. The first-order valence-electron chi connectivity index (χ1n) is 14.4. The average molecular weight is 591 g/mol. The van der Waals surface area contributed by atoms with Gasteiger partial charge < -0.3 is 10.2 Å². The molecule has 1 aliphatic carbocycles. The molecular weight excluding hydrogens is 558 g/mol. The van der Waals surface area contributed by atoms with Crippen molar-refractivity contribution in [1.29, 1.82) is 0 Å². The highest BCUT2D eigenvalue weighted by Gasteiger charge is 2.37. The molecule has 0 spiro atoms. The summed E-state index contributed by atoms with van der Waals surface area (Å²) in [6, 6.07) is 7.48. The van der Waals surface area contributed by atoms with Gasteiger partial charge in [-0.15, -0.1) is 0 Å². The van der Waals surface area contributed by atoms with Crippen molar-refractivity contribution in [2.24, 2.45) is 5.92 Å². The number of hydrogen-bond acceptors (Lipinski definition) is 6. The van der Waals surface area contributed by atoms with Crippen molar-refractivity contribution < 1.29 is 26.3 Å². The lowest BCUT2D eigenvalue weighted by Gasteiger charge is -2.44. The molecule has 1 N–H and O–H groups in total. The van der Waals surface area contributed by atoms with Crippen molar-refractivity contribution in [2.75, 3.05) is 23.3 Å². The summed E-state index contributed by atoms with van der Waals surface area (Å²) in [5.74, 6) is 1.53. The topological polar surface area (TPSA) is 57.2 Å². The van der Waals surface area contributed by atoms with Gasteiger partial charge in [-0.05, 0) is 81.0 Å². The molecule has 1 saturated heterocycles. The van der Waals surface area contributed by atoms with Gasteiger partial charge in [0.05, 0.1) is 29.9 Å². The molecule has 2 atom stereocenters. The Kier molecular flexibility index (Phi) is 7.75. The van der Waals surface area contributed by atoms with Crippen LogP contribution in [-0.4, -0.2) is 39.0 Å². The number of benzene rings is 1. The van der Waals surface area contributed by atoms with Crippen LogP contribution in [0.5, 0.6) is 0 Å². The summed E-state index contributed by atoms with van der Waals surface area (Å²) < 4.78 is 80.7. The Morgan fingerprint density at radius 3 is 2.38 bits per heavy atom. The standard InChI is InChI=1S/C30H32F6N6/c31-29(32,33)20-9-11-21(12-10-20)38-27-22-13-16-42(28-23(30(34,35)36)7-3-14-37-28)17-24(22)39-26(40-27)18-41-15-4-6-19-5-1-2-8-25(19)41/h3,7,9-12,14,19,25H,1-2,4-6,8,13,15-18H2,(H,38,39,40). The zero-order valence-corrected chi connectivity index (χ0v) is 23.0. The van der Waals surface area contributed by atoms with Gasteiger partial charge in [0.2, 0.25) is 0 Å². The predicted octanol–water partition coefficient (Wildman–Crippen LogP) is 7.37. The quantitative estimate of drug-likeness (QED) is 0.313. The Morgan fingerprint density at radius 1 is 0.857 bits per heavy atom. The Bertz CT molecular complexity index is 1400. The summed E-state index contributed by atoms with van der Waals surface area (Å²) in [7, 11) is 0. The predicted molar refractivity (Wildman–Crippen MR) is 146 cm³/mol. The number of aromatic nitrogens is 3. The largest absolute Gasteiger partial charge is 0.419 e. The van der Waals surface area contributed by atoms with Gasteiger partial charge in [-0.2, -0.15) is 26.3 Å². The van der Waals surface area contributed by atoms with Gasteiger partial charge in [0.15, 0.2) is 0 Å². The average Bonchev–Trinajstić information content (AvgIpc) is 2.96. The van der Waals surface area contributed by atoms with E-state index in [1.165, 1.54) is 50.1 Å². The number of nitrogens with one attached hydrogen (secondary N) is 1. The van der Waals surface area contributed by atoms with Gasteiger partial charge in [-0.3, -0.25) is 4.90 Å². The summed E-state index contributed by atoms with van der Waals surface area (Å²) >= 11 is 0. The molecule has 0 amide bonds. The van der Waals surface area contributed by atoms with Crippen molar-refractivity contribution in [2.45, 2.75) is 76.4 Å². The lowest BCUT2D eigenvalue weighted by Crippen LogP contribution is -2.46. The Labute approximate surface area is 240 Å². The van der Waals surface area contributed by atoms with Crippen LogP contribution >= 0.6 is 0 Å². The number of piperidine rings is 1. The molecule has 1 aromatic carbocycles. The molecular formula is C30H32F6N6. The van der Waals surface area contributed by atoms with E-state index in [-0.39, 0.29) is 18.9 Å². The van der Waals surface area contributed by atoms with E-state index < -0.39 is 23.5 Å². The third-order valence-electron chi connectivity index (χ3n) is 8.68. The molecule has 0 bridgehead atoms. The van der Waals surface area contributed by atoms with Gasteiger partial charge in [-0.1, -0.05) is 12.8 Å². The molecule has 224 valence electrons. The van der Waals surface area contributed by atoms with E-state index in [0.29, 0.717) is 47.9 Å². The van der Waals surface area contributed by atoms with E-state index in [2.05, 4.69) is 15.2 Å². The second-order valence-electron chi connectivity index (χ2n) is 11.4. The molecule has 2 fully saturated rings. The summed E-state index contributed by atoms with van der Waals surface area (Å²) in [6.45, 7) is 1.80. The highest BCUT2D eigenvalue weighted by molar-refractivity contribution is 5.62. The van der Waals surface area contributed by atoms with Crippen LogP contribution in [0.3, 0.4) is 0 Å². The number of alkyl halides is 6. The number of rotatable bonds is 5. The third kappa shape index (κ3) is 6.04. The molecule has 6 nitrogen and oxygen atoms in total. The van der Waals surface area contributed by atoms with E-state index in [4.69, 9.17) is 9.97 Å². The second-order valence-corrected chi connectivity index (χ2v) is 11.4. The van der Waals surface area contributed by atoms with E-state index in [1.54, 1.807) is 4.90 Å². The molecule has 6 rings (SSSR count). The van der Waals surface area contributed by atoms with E-state index in [9.17, 15) is 26.3 Å². The maximum atomic E-state index is 13.8. The smallest absolute Gasteiger partial charge is 0.350 e. The highest BCUT2D eigenvalue weighted by Crippen LogP contribution is 2.39. The lowest BCUT2D eigenvalue weighted by molar-refractivity contribution is -0.138. The minimum Gasteiger partial charge on any atom is -0.350 e. The Hall–Kier alpha value is -3.41.